The molecule has 0 radical (unpaired) electrons. The Morgan fingerprint density at radius 3 is 1.43 bits per heavy atom. The average Bonchev–Trinajstić information content (AvgIpc) is 3.27. The van der Waals surface area contributed by atoms with Gasteiger partial charge in [0.25, 0.3) is 0 Å². The Morgan fingerprint density at radius 2 is 0.931 bits per heavy atom. The van der Waals surface area contributed by atoms with Gasteiger partial charge in [0.1, 0.15) is 19.3 Å². The maximum absolute atomic E-state index is 13.8. The summed E-state index contributed by atoms with van der Waals surface area (Å²) in [5.41, 5.74) is 1.57. The predicted octanol–water partition coefficient (Wildman–Crippen LogP) is 6.58. The van der Waals surface area contributed by atoms with Crippen LogP contribution < -0.4 is 5.32 Å². The van der Waals surface area contributed by atoms with Gasteiger partial charge < -0.3 is 38.5 Å². The maximum Gasteiger partial charge on any atom is 0.407 e. The Bertz CT molecular complexity index is 2090. The third-order valence-corrected chi connectivity index (χ3v) is 8.82. The molecule has 13 heteroatoms. The van der Waals surface area contributed by atoms with Gasteiger partial charge in [-0.05, 0) is 60.5 Å². The van der Waals surface area contributed by atoms with E-state index in [1.807, 2.05) is 30.3 Å². The number of carbonyl (C=O) groups excluding carboxylic acids is 5. The molecule has 0 bridgehead atoms. The molecule has 0 aromatic heterocycles. The zero-order chi connectivity index (χ0) is 40.5. The van der Waals surface area contributed by atoms with E-state index in [-0.39, 0.29) is 48.4 Å². The lowest BCUT2D eigenvalue weighted by Crippen LogP contribution is -2.63. The molecule has 5 aromatic carbocycles. The topological polar surface area (TPSA) is 162 Å². The van der Waals surface area contributed by atoms with Crippen LogP contribution in [-0.4, -0.2) is 80.4 Å². The first-order valence-corrected chi connectivity index (χ1v) is 18.6. The van der Waals surface area contributed by atoms with Crippen LogP contribution in [0.25, 0.3) is 0 Å². The van der Waals surface area contributed by atoms with Gasteiger partial charge in [-0.2, -0.15) is 0 Å². The molecule has 1 heterocycles. The molecule has 0 aliphatic carbocycles. The van der Waals surface area contributed by atoms with Crippen LogP contribution in [0.2, 0.25) is 0 Å². The lowest BCUT2D eigenvalue weighted by Gasteiger charge is -2.44. The SMILES string of the molecule is O=C(NCCCO[C@H]1O[C@H](COC(=O)c2ccccc2)[C@@H](OC(=O)c2ccccc2)[C@H](OC(=O)c2ccccc2)[C@@H]1OC(=O)c1ccccc1)OCc1ccccc1. The second-order valence-corrected chi connectivity index (χ2v) is 12.9. The second kappa shape index (κ2) is 20.9. The minimum Gasteiger partial charge on any atom is -0.459 e. The predicted molar refractivity (Wildman–Crippen MR) is 208 cm³/mol. The number of esters is 4. The number of ether oxygens (including phenoxy) is 7. The number of amides is 1. The van der Waals surface area contributed by atoms with Gasteiger partial charge in [0.05, 0.1) is 28.9 Å². The summed E-state index contributed by atoms with van der Waals surface area (Å²) in [6.45, 7) is -0.333. The van der Waals surface area contributed by atoms with E-state index in [4.69, 9.17) is 33.2 Å². The summed E-state index contributed by atoms with van der Waals surface area (Å²) < 4.78 is 41.6. The zero-order valence-electron chi connectivity index (χ0n) is 31.3. The van der Waals surface area contributed by atoms with Crippen molar-refractivity contribution in [3.8, 4) is 0 Å². The Morgan fingerprint density at radius 1 is 0.500 bits per heavy atom. The summed E-state index contributed by atoms with van der Waals surface area (Å²) in [6, 6.07) is 41.7. The minimum atomic E-state index is -1.56. The van der Waals surface area contributed by atoms with Gasteiger partial charge >= 0.3 is 30.0 Å². The maximum atomic E-state index is 13.8. The van der Waals surface area contributed by atoms with Crippen LogP contribution >= 0.6 is 0 Å². The van der Waals surface area contributed by atoms with E-state index >= 15 is 0 Å². The summed E-state index contributed by atoms with van der Waals surface area (Å²) in [6.07, 6.45) is -7.75. The fourth-order valence-electron chi connectivity index (χ4n) is 5.90. The fourth-order valence-corrected chi connectivity index (χ4v) is 5.90. The van der Waals surface area contributed by atoms with Gasteiger partial charge in [0, 0.05) is 6.54 Å². The third kappa shape index (κ3) is 11.6. The number of rotatable bonds is 16. The van der Waals surface area contributed by atoms with Crippen molar-refractivity contribution in [2.24, 2.45) is 0 Å². The lowest BCUT2D eigenvalue weighted by atomic mass is 9.97. The molecule has 1 fully saturated rings. The molecule has 1 N–H and O–H groups in total. The van der Waals surface area contributed by atoms with Crippen LogP contribution in [0.15, 0.2) is 152 Å². The van der Waals surface area contributed by atoms with E-state index in [1.54, 1.807) is 84.9 Å². The van der Waals surface area contributed by atoms with Crippen LogP contribution in [0.4, 0.5) is 4.79 Å². The van der Waals surface area contributed by atoms with Crippen molar-refractivity contribution < 1.29 is 57.1 Å². The first-order valence-electron chi connectivity index (χ1n) is 18.6. The Labute approximate surface area is 334 Å². The molecule has 0 saturated carbocycles. The van der Waals surface area contributed by atoms with Gasteiger partial charge in [-0.25, -0.2) is 24.0 Å². The number of nitrogens with one attached hydrogen (secondary N) is 1. The molecule has 5 atom stereocenters. The van der Waals surface area contributed by atoms with E-state index in [0.717, 1.165) is 5.56 Å². The third-order valence-electron chi connectivity index (χ3n) is 8.82. The molecule has 13 nitrogen and oxygen atoms in total. The first-order chi connectivity index (χ1) is 28.4. The minimum absolute atomic E-state index is 0.0621. The van der Waals surface area contributed by atoms with E-state index in [0.29, 0.717) is 0 Å². The van der Waals surface area contributed by atoms with E-state index < -0.39 is 67.3 Å². The van der Waals surface area contributed by atoms with Crippen LogP contribution in [0.1, 0.15) is 53.4 Å². The highest BCUT2D eigenvalue weighted by atomic mass is 16.7. The first kappa shape index (κ1) is 40.8. The van der Waals surface area contributed by atoms with Gasteiger partial charge in [0.2, 0.25) is 0 Å². The fraction of sp³-hybridized carbons (Fsp3) is 0.222. The monoisotopic (exact) mass is 787 g/mol. The highest BCUT2D eigenvalue weighted by Gasteiger charge is 2.53. The summed E-state index contributed by atoms with van der Waals surface area (Å²) in [7, 11) is 0. The zero-order valence-corrected chi connectivity index (χ0v) is 31.3. The second-order valence-electron chi connectivity index (χ2n) is 12.9. The van der Waals surface area contributed by atoms with Crippen molar-refractivity contribution >= 4 is 30.0 Å². The van der Waals surface area contributed by atoms with Crippen LogP contribution in [0.3, 0.4) is 0 Å². The molecular weight excluding hydrogens is 746 g/mol. The van der Waals surface area contributed by atoms with Gasteiger partial charge in [-0.15, -0.1) is 0 Å². The Kier molecular flexibility index (Phi) is 14.7. The quantitative estimate of drug-likeness (QED) is 0.0651. The summed E-state index contributed by atoms with van der Waals surface area (Å²) in [4.78, 5) is 66.6. The van der Waals surface area contributed by atoms with Gasteiger partial charge in [-0.3, -0.25) is 0 Å². The normalized spacial score (nSPS) is 18.5. The van der Waals surface area contributed by atoms with E-state index in [9.17, 15) is 24.0 Å². The van der Waals surface area contributed by atoms with Crippen LogP contribution in [0.5, 0.6) is 0 Å². The van der Waals surface area contributed by atoms with Crippen molar-refractivity contribution in [1.82, 2.24) is 5.32 Å². The Balaban J connectivity index is 1.27. The molecule has 1 aliphatic rings. The number of hydrogen-bond donors (Lipinski definition) is 1. The number of benzene rings is 5. The summed E-state index contributed by atoms with van der Waals surface area (Å²) >= 11 is 0. The lowest BCUT2D eigenvalue weighted by molar-refractivity contribution is -0.298. The molecular formula is C45H41NO12. The highest BCUT2D eigenvalue weighted by molar-refractivity contribution is 5.91. The standard InChI is InChI=1S/C45H41NO12/c47-40(32-19-8-2-9-20-32)53-30-36-37(56-41(48)33-21-10-3-11-22-33)38(57-42(49)34-23-12-4-13-24-34)39(58-43(50)35-25-14-5-15-26-35)44(55-36)52-28-16-27-46-45(51)54-29-31-17-6-1-7-18-31/h1-15,17-26,36-39,44H,16,27-30H2,(H,46,51)/t36-,37-,38+,39+,44+/m1/s1. The molecule has 6 rings (SSSR count). The van der Waals surface area contributed by atoms with E-state index in [2.05, 4.69) is 5.32 Å². The number of hydrogen-bond acceptors (Lipinski definition) is 12. The number of alkyl carbamates (subject to hydrolysis) is 1. The molecule has 298 valence electrons. The van der Waals surface area contributed by atoms with Gasteiger partial charge in [-0.1, -0.05) is 103 Å². The van der Waals surface area contributed by atoms with Crippen molar-refractivity contribution in [2.45, 2.75) is 43.7 Å². The van der Waals surface area contributed by atoms with Crippen LogP contribution in [0, 0.1) is 0 Å². The molecule has 0 spiro atoms. The van der Waals surface area contributed by atoms with Crippen molar-refractivity contribution in [2.75, 3.05) is 19.8 Å². The summed E-state index contributed by atoms with van der Waals surface area (Å²) in [5, 5.41) is 2.66. The Hall–Kier alpha value is -6.83. The van der Waals surface area contributed by atoms with Crippen molar-refractivity contribution in [3.05, 3.63) is 179 Å². The number of carbonyl (C=O) groups is 5. The molecule has 0 unspecified atom stereocenters. The molecule has 58 heavy (non-hydrogen) atoms. The molecule has 1 saturated heterocycles. The van der Waals surface area contributed by atoms with E-state index in [1.165, 1.54) is 36.4 Å². The average molecular weight is 788 g/mol. The summed E-state index contributed by atoms with van der Waals surface area (Å²) in [5.74, 6) is -3.15. The largest absolute Gasteiger partial charge is 0.459 e. The highest BCUT2D eigenvalue weighted by Crippen LogP contribution is 2.32. The van der Waals surface area contributed by atoms with Gasteiger partial charge in [0.15, 0.2) is 24.6 Å². The molecule has 1 amide bonds. The molecule has 5 aromatic rings. The smallest absolute Gasteiger partial charge is 0.407 e. The van der Waals surface area contributed by atoms with Crippen molar-refractivity contribution in [3.63, 3.8) is 0 Å². The molecule has 1 aliphatic heterocycles. The van der Waals surface area contributed by atoms with Crippen LogP contribution in [-0.2, 0) is 39.8 Å². The van der Waals surface area contributed by atoms with Crippen molar-refractivity contribution in [1.29, 1.82) is 0 Å².